The normalized spacial score (nSPS) is 25.1. The van der Waals surface area contributed by atoms with Gasteiger partial charge in [-0.15, -0.1) is 0 Å². The number of carbonyl (C=O) groups is 2. The van der Waals surface area contributed by atoms with Crippen molar-refractivity contribution in [2.45, 2.75) is 141 Å². The third-order valence-electron chi connectivity index (χ3n) is 12.1. The average molecular weight is 825 g/mol. The number of rotatable bonds is 10. The second kappa shape index (κ2) is 18.1. The highest BCUT2D eigenvalue weighted by Gasteiger charge is 2.47. The zero-order valence-electron chi connectivity index (χ0n) is 34.2. The van der Waals surface area contributed by atoms with Gasteiger partial charge in [-0.1, -0.05) is 0 Å². The number of nitrogens with one attached hydrogen (secondary N) is 1. The van der Waals surface area contributed by atoms with Crippen molar-refractivity contribution in [2.24, 2.45) is 11.8 Å². The van der Waals surface area contributed by atoms with Gasteiger partial charge in [-0.05, 0) is 128 Å². The molecule has 59 heavy (non-hydrogen) atoms. The van der Waals surface area contributed by atoms with Gasteiger partial charge >= 0.3 is 0 Å². The van der Waals surface area contributed by atoms with E-state index in [0.717, 1.165) is 86.7 Å². The predicted molar refractivity (Wildman–Crippen MR) is 219 cm³/mol. The van der Waals surface area contributed by atoms with Crippen molar-refractivity contribution in [1.29, 1.82) is 0 Å². The van der Waals surface area contributed by atoms with Gasteiger partial charge in [0, 0.05) is 61.2 Å². The monoisotopic (exact) mass is 824 g/mol. The van der Waals surface area contributed by atoms with Crippen molar-refractivity contribution < 1.29 is 28.5 Å². The molecule has 4 bridgehead atoms. The zero-order valence-corrected chi connectivity index (χ0v) is 34.9. The summed E-state index contributed by atoms with van der Waals surface area (Å²) in [5.41, 5.74) is 3.23. The van der Waals surface area contributed by atoms with Crippen LogP contribution in [0.25, 0.3) is 0 Å². The molecule has 4 aliphatic heterocycles. The Morgan fingerprint density at radius 1 is 0.610 bits per heavy atom. The molecule has 1 amide bonds. The van der Waals surface area contributed by atoms with E-state index in [2.05, 4.69) is 40.1 Å². The zero-order chi connectivity index (χ0) is 41.0. The molecule has 1 N–H and O–H groups in total. The van der Waals surface area contributed by atoms with Crippen LogP contribution in [0.4, 0.5) is 0 Å². The highest BCUT2D eigenvalue weighted by molar-refractivity contribution is 6.64. The second-order valence-electron chi connectivity index (χ2n) is 16.6. The molecule has 6 fully saturated rings. The molecule has 8 heterocycles. The second-order valence-corrected chi connectivity index (χ2v) is 17.0. The van der Waals surface area contributed by atoms with Gasteiger partial charge in [-0.3, -0.25) is 19.6 Å². The molecule has 14 nitrogen and oxygen atoms in total. The smallest absolute Gasteiger partial charge is 0.229 e. The average Bonchev–Trinajstić information content (AvgIpc) is 4.16. The van der Waals surface area contributed by atoms with Crippen molar-refractivity contribution >= 4 is 22.8 Å². The third-order valence-corrected chi connectivity index (χ3v) is 12.4. The van der Waals surface area contributed by atoms with Gasteiger partial charge in [0.2, 0.25) is 34.7 Å². The molecule has 4 unspecified atom stereocenters. The van der Waals surface area contributed by atoms with Crippen LogP contribution in [0.2, 0.25) is 0 Å². The minimum atomic E-state index is -0.157. The SMILES string of the molecule is Cc1ncccc1Oc1ncnc(OC2CC3CCC(C2)N3)c1C.Cc1ncccc1Oc1ncnc(OC2CC3CCC(C2)N3C(=O)C2CC2)c1C.O=C(Cl)C1CC1. The summed E-state index contributed by atoms with van der Waals surface area (Å²) < 4.78 is 24.4. The number of amides is 1. The van der Waals surface area contributed by atoms with Gasteiger partial charge in [-0.25, -0.2) is 19.9 Å². The maximum atomic E-state index is 12.6. The number of hydrogen-bond donors (Lipinski definition) is 1. The Kier molecular flexibility index (Phi) is 12.5. The minimum Gasteiger partial charge on any atom is -0.474 e. The summed E-state index contributed by atoms with van der Waals surface area (Å²) in [6.45, 7) is 7.66. The first kappa shape index (κ1) is 40.8. The van der Waals surface area contributed by atoms with E-state index in [-0.39, 0.29) is 29.3 Å². The van der Waals surface area contributed by atoms with Gasteiger partial charge in [0.1, 0.15) is 24.9 Å². The lowest BCUT2D eigenvalue weighted by atomic mass is 9.99. The molecule has 2 saturated carbocycles. The van der Waals surface area contributed by atoms with Crippen LogP contribution in [0.1, 0.15) is 99.6 Å². The quantitative estimate of drug-likeness (QED) is 0.155. The molecule has 15 heteroatoms. The number of aryl methyl sites for hydroxylation is 2. The van der Waals surface area contributed by atoms with E-state index in [9.17, 15) is 9.59 Å². The summed E-state index contributed by atoms with van der Waals surface area (Å²) in [5, 5.41) is 3.47. The minimum absolute atomic E-state index is 0.0670. The Labute approximate surface area is 350 Å². The topological polar surface area (TPSA) is 164 Å². The Bertz CT molecular complexity index is 2110. The fraction of sp³-hybridized carbons (Fsp3) is 0.545. The largest absolute Gasteiger partial charge is 0.474 e. The lowest BCUT2D eigenvalue weighted by Crippen LogP contribution is -2.49. The van der Waals surface area contributed by atoms with E-state index in [0.29, 0.717) is 65.1 Å². The Morgan fingerprint density at radius 2 is 1.07 bits per heavy atom. The van der Waals surface area contributed by atoms with Crippen LogP contribution >= 0.6 is 11.6 Å². The Hall–Kier alpha value is -4.95. The summed E-state index contributed by atoms with van der Waals surface area (Å²) in [7, 11) is 0. The first-order chi connectivity index (χ1) is 28.6. The molecular weight excluding hydrogens is 772 g/mol. The maximum Gasteiger partial charge on any atom is 0.229 e. The van der Waals surface area contributed by atoms with Crippen LogP contribution in [0.5, 0.6) is 35.0 Å². The fourth-order valence-electron chi connectivity index (χ4n) is 8.50. The highest BCUT2D eigenvalue weighted by atomic mass is 35.5. The van der Waals surface area contributed by atoms with E-state index in [1.807, 2.05) is 52.0 Å². The maximum absolute atomic E-state index is 12.6. The van der Waals surface area contributed by atoms with Crippen molar-refractivity contribution in [2.75, 3.05) is 0 Å². The third kappa shape index (κ3) is 10.1. The van der Waals surface area contributed by atoms with E-state index in [1.165, 1.54) is 25.5 Å². The van der Waals surface area contributed by atoms with E-state index in [1.54, 1.807) is 12.4 Å². The predicted octanol–water partition coefficient (Wildman–Crippen LogP) is 7.70. The van der Waals surface area contributed by atoms with Crippen molar-refractivity contribution in [3.05, 3.63) is 71.8 Å². The molecule has 4 aromatic rings. The number of pyridine rings is 2. The number of fused-ring (bicyclic) bond motifs is 4. The molecule has 6 aliphatic rings. The van der Waals surface area contributed by atoms with Crippen molar-refractivity contribution in [3.8, 4) is 35.0 Å². The molecule has 4 atom stereocenters. The summed E-state index contributed by atoms with van der Waals surface area (Å²) >= 11 is 5.04. The van der Waals surface area contributed by atoms with Crippen LogP contribution in [-0.2, 0) is 9.59 Å². The van der Waals surface area contributed by atoms with Gasteiger partial charge < -0.3 is 29.2 Å². The fourth-order valence-corrected chi connectivity index (χ4v) is 8.71. The van der Waals surface area contributed by atoms with E-state index >= 15 is 0 Å². The van der Waals surface area contributed by atoms with Crippen LogP contribution in [0.15, 0.2) is 49.3 Å². The number of halogens is 1. The molecule has 2 aliphatic carbocycles. The highest BCUT2D eigenvalue weighted by Crippen LogP contribution is 2.42. The Morgan fingerprint density at radius 3 is 1.49 bits per heavy atom. The number of carbonyl (C=O) groups excluding carboxylic acids is 2. The van der Waals surface area contributed by atoms with Gasteiger partial charge in [-0.2, -0.15) is 0 Å². The van der Waals surface area contributed by atoms with E-state index < -0.39 is 0 Å². The van der Waals surface area contributed by atoms with Gasteiger partial charge in [0.25, 0.3) is 0 Å². The van der Waals surface area contributed by atoms with E-state index in [4.69, 9.17) is 30.5 Å². The van der Waals surface area contributed by atoms with Gasteiger partial charge in [0.05, 0.1) is 22.5 Å². The van der Waals surface area contributed by atoms with Crippen LogP contribution in [0, 0.1) is 39.5 Å². The number of piperidine rings is 2. The van der Waals surface area contributed by atoms with Crippen molar-refractivity contribution in [1.82, 2.24) is 40.1 Å². The Balaban J connectivity index is 0.000000146. The van der Waals surface area contributed by atoms with Gasteiger partial charge in [0.15, 0.2) is 11.5 Å². The lowest BCUT2D eigenvalue weighted by Gasteiger charge is -2.39. The molecule has 0 radical (unpaired) electrons. The molecule has 10 rings (SSSR count). The summed E-state index contributed by atoms with van der Waals surface area (Å²) in [6, 6.07) is 9.23. The van der Waals surface area contributed by atoms with Crippen LogP contribution < -0.4 is 24.3 Å². The molecule has 0 aromatic carbocycles. The number of aromatic nitrogens is 6. The summed E-state index contributed by atoms with van der Waals surface area (Å²) in [6.07, 6.45) is 19.4. The summed E-state index contributed by atoms with van der Waals surface area (Å²) in [4.78, 5) is 50.5. The van der Waals surface area contributed by atoms with Crippen molar-refractivity contribution in [3.63, 3.8) is 0 Å². The van der Waals surface area contributed by atoms with Crippen LogP contribution in [0.3, 0.4) is 0 Å². The standard InChI is InChI=1S/C22H26N4O3.C18H22N4O2.C4H5ClO/c1-13-20(24-12-25-21(13)29-19-4-3-9-23-14(19)2)28-18-10-16-7-8-17(11-18)26(16)22(27)15-5-6-15;1-11-17(23-15-8-13-5-6-14(9-15)22-13)20-10-21-18(11)24-16-4-3-7-19-12(16)2;5-4(6)3-1-2-3/h3-4,9,12,15-18H,5-8,10-11H2,1-2H3;3-4,7,10,13-15,22H,5-6,8-9H2,1-2H3;3H,1-2H2. The molecule has 4 aromatic heterocycles. The summed E-state index contributed by atoms with van der Waals surface area (Å²) in [5.74, 6) is 4.44. The number of hydrogen-bond acceptors (Lipinski definition) is 13. The first-order valence-corrected chi connectivity index (χ1v) is 21.4. The molecule has 0 spiro atoms. The lowest BCUT2D eigenvalue weighted by molar-refractivity contribution is -0.138. The molecule has 312 valence electrons. The van der Waals surface area contributed by atoms with Crippen LogP contribution in [-0.4, -0.2) is 82.3 Å². The molecular formula is C44H53ClN8O6. The molecule has 4 saturated heterocycles. The number of ether oxygens (including phenoxy) is 4. The first-order valence-electron chi connectivity index (χ1n) is 21.0. The number of nitrogens with zero attached hydrogens (tertiary/aromatic N) is 7.